The Kier molecular flexibility index (Phi) is 7.67. The lowest BCUT2D eigenvalue weighted by molar-refractivity contribution is -0.116. The van der Waals surface area contributed by atoms with E-state index in [4.69, 9.17) is 0 Å². The Hall–Kier alpha value is -0.370. The number of hydrogen-bond acceptors (Lipinski definition) is 6. The average Bonchev–Trinajstić information content (AvgIpc) is 2.99. The van der Waals surface area contributed by atoms with Gasteiger partial charge in [0, 0.05) is 6.42 Å². The summed E-state index contributed by atoms with van der Waals surface area (Å²) in [5, 5.41) is 14.7. The van der Waals surface area contributed by atoms with Crippen LogP contribution in [0.3, 0.4) is 0 Å². The topological polar surface area (TPSA) is 66.9 Å². The van der Waals surface area contributed by atoms with Crippen LogP contribution in [-0.2, 0) is 4.79 Å². The Bertz CT molecular complexity index is 396. The first kappa shape index (κ1) is 16.7. The van der Waals surface area contributed by atoms with Crippen LogP contribution in [0.2, 0.25) is 0 Å². The predicted octanol–water partition coefficient (Wildman–Crippen LogP) is 2.40. The third-order valence-corrected chi connectivity index (χ3v) is 4.72. The van der Waals surface area contributed by atoms with E-state index < -0.39 is 0 Å². The van der Waals surface area contributed by atoms with Crippen molar-refractivity contribution >= 4 is 46.5 Å². The second-order valence-corrected chi connectivity index (χ2v) is 6.74. The van der Waals surface area contributed by atoms with Crippen LogP contribution in [0.25, 0.3) is 0 Å². The molecule has 2 rings (SSSR count). The SMILES string of the molecule is CCSc1nnc(NC(=O)CCC2CCNC2)s1.Cl. The summed E-state index contributed by atoms with van der Waals surface area (Å²) in [6, 6.07) is 0. The number of carbonyl (C=O) groups is 1. The first-order valence-corrected chi connectivity index (χ1v) is 8.05. The third-order valence-electron chi connectivity index (χ3n) is 2.86. The first-order valence-electron chi connectivity index (χ1n) is 6.24. The molecule has 19 heavy (non-hydrogen) atoms. The molecular formula is C11H19ClN4OS2. The van der Waals surface area contributed by atoms with E-state index in [-0.39, 0.29) is 18.3 Å². The van der Waals surface area contributed by atoms with Gasteiger partial charge in [-0.1, -0.05) is 30.0 Å². The maximum absolute atomic E-state index is 11.7. The predicted molar refractivity (Wildman–Crippen MR) is 82.4 cm³/mol. The van der Waals surface area contributed by atoms with Crippen molar-refractivity contribution < 1.29 is 4.79 Å². The van der Waals surface area contributed by atoms with E-state index in [1.165, 1.54) is 17.8 Å². The highest BCUT2D eigenvalue weighted by Crippen LogP contribution is 2.25. The van der Waals surface area contributed by atoms with Crippen LogP contribution >= 0.6 is 35.5 Å². The molecule has 1 saturated heterocycles. The number of nitrogens with zero attached hydrogens (tertiary/aromatic N) is 2. The van der Waals surface area contributed by atoms with Crippen LogP contribution in [0, 0.1) is 5.92 Å². The molecule has 2 N–H and O–H groups in total. The van der Waals surface area contributed by atoms with Gasteiger partial charge in [-0.3, -0.25) is 4.79 Å². The third kappa shape index (κ3) is 5.64. The standard InChI is InChI=1S/C11H18N4OS2.ClH/c1-2-17-11-15-14-10(18-11)13-9(16)4-3-8-5-6-12-7-8;/h8,12H,2-7H2,1H3,(H,13,14,16);1H. The fraction of sp³-hybridized carbons (Fsp3) is 0.727. The Morgan fingerprint density at radius 2 is 2.42 bits per heavy atom. The monoisotopic (exact) mass is 322 g/mol. The van der Waals surface area contributed by atoms with E-state index in [1.807, 2.05) is 0 Å². The molecule has 0 radical (unpaired) electrons. The number of hydrogen-bond donors (Lipinski definition) is 2. The molecule has 108 valence electrons. The number of nitrogens with one attached hydrogen (secondary N) is 2. The van der Waals surface area contributed by atoms with Crippen molar-refractivity contribution in [1.29, 1.82) is 0 Å². The number of aromatic nitrogens is 2. The van der Waals surface area contributed by atoms with E-state index in [9.17, 15) is 4.79 Å². The van der Waals surface area contributed by atoms with Gasteiger partial charge < -0.3 is 10.6 Å². The summed E-state index contributed by atoms with van der Waals surface area (Å²) in [4.78, 5) is 11.7. The van der Waals surface area contributed by atoms with Gasteiger partial charge in [0.1, 0.15) is 0 Å². The highest BCUT2D eigenvalue weighted by molar-refractivity contribution is 8.01. The van der Waals surface area contributed by atoms with Crippen LogP contribution in [0.1, 0.15) is 26.2 Å². The van der Waals surface area contributed by atoms with Crippen molar-refractivity contribution in [2.45, 2.75) is 30.5 Å². The minimum atomic E-state index is 0. The van der Waals surface area contributed by atoms with Crippen molar-refractivity contribution in [3.63, 3.8) is 0 Å². The fourth-order valence-electron chi connectivity index (χ4n) is 1.92. The van der Waals surface area contributed by atoms with Crippen molar-refractivity contribution in [1.82, 2.24) is 15.5 Å². The lowest BCUT2D eigenvalue weighted by Crippen LogP contribution is -2.14. The molecule has 1 atom stereocenters. The van der Waals surface area contributed by atoms with Gasteiger partial charge in [-0.25, -0.2) is 0 Å². The number of thioether (sulfide) groups is 1. The Labute approximate surface area is 127 Å². The molecule has 1 aromatic heterocycles. The molecule has 0 bridgehead atoms. The van der Waals surface area contributed by atoms with E-state index >= 15 is 0 Å². The number of carbonyl (C=O) groups excluding carboxylic acids is 1. The molecule has 0 aliphatic carbocycles. The van der Waals surface area contributed by atoms with Crippen LogP contribution in [0.5, 0.6) is 0 Å². The van der Waals surface area contributed by atoms with E-state index in [1.54, 1.807) is 11.8 Å². The van der Waals surface area contributed by atoms with Gasteiger partial charge in [0.15, 0.2) is 4.34 Å². The number of amides is 1. The van der Waals surface area contributed by atoms with Gasteiger partial charge in [0.2, 0.25) is 11.0 Å². The molecule has 8 heteroatoms. The average molecular weight is 323 g/mol. The van der Waals surface area contributed by atoms with Gasteiger partial charge in [0.25, 0.3) is 0 Å². The lowest BCUT2D eigenvalue weighted by atomic mass is 10.0. The minimum absolute atomic E-state index is 0. The minimum Gasteiger partial charge on any atom is -0.316 e. The van der Waals surface area contributed by atoms with Crippen LogP contribution in [0.15, 0.2) is 4.34 Å². The van der Waals surface area contributed by atoms with Crippen molar-refractivity contribution in [2.24, 2.45) is 5.92 Å². The zero-order valence-electron chi connectivity index (χ0n) is 10.8. The van der Waals surface area contributed by atoms with Gasteiger partial charge in [-0.15, -0.1) is 22.6 Å². The Morgan fingerprint density at radius 3 is 3.11 bits per heavy atom. The molecule has 1 amide bonds. The normalized spacial score (nSPS) is 18.1. The zero-order valence-corrected chi connectivity index (χ0v) is 13.3. The summed E-state index contributed by atoms with van der Waals surface area (Å²) >= 11 is 3.08. The summed E-state index contributed by atoms with van der Waals surface area (Å²) in [6.07, 6.45) is 2.71. The number of rotatable bonds is 6. The second kappa shape index (κ2) is 8.73. The summed E-state index contributed by atoms with van der Waals surface area (Å²) in [6.45, 7) is 4.20. The smallest absolute Gasteiger partial charge is 0.226 e. The molecule has 0 spiro atoms. The molecule has 0 saturated carbocycles. The first-order chi connectivity index (χ1) is 8.78. The molecular weight excluding hydrogens is 304 g/mol. The molecule has 0 aromatic carbocycles. The second-order valence-electron chi connectivity index (χ2n) is 4.25. The van der Waals surface area contributed by atoms with Crippen LogP contribution in [0.4, 0.5) is 5.13 Å². The molecule has 1 aliphatic rings. The van der Waals surface area contributed by atoms with Gasteiger partial charge in [-0.2, -0.15) is 0 Å². The maximum Gasteiger partial charge on any atom is 0.226 e. The number of halogens is 1. The van der Waals surface area contributed by atoms with E-state index in [2.05, 4.69) is 27.8 Å². The largest absolute Gasteiger partial charge is 0.316 e. The van der Waals surface area contributed by atoms with Crippen molar-refractivity contribution in [3.05, 3.63) is 0 Å². The Morgan fingerprint density at radius 1 is 1.58 bits per heavy atom. The molecule has 2 heterocycles. The highest BCUT2D eigenvalue weighted by atomic mass is 35.5. The fourth-order valence-corrected chi connectivity index (χ4v) is 3.59. The quantitative estimate of drug-likeness (QED) is 0.622. The molecule has 5 nitrogen and oxygen atoms in total. The number of anilines is 1. The summed E-state index contributed by atoms with van der Waals surface area (Å²) in [5.74, 6) is 1.67. The van der Waals surface area contributed by atoms with Crippen LogP contribution < -0.4 is 10.6 Å². The van der Waals surface area contributed by atoms with Crippen LogP contribution in [-0.4, -0.2) is 34.9 Å². The van der Waals surface area contributed by atoms with Gasteiger partial charge >= 0.3 is 0 Å². The zero-order chi connectivity index (χ0) is 12.8. The maximum atomic E-state index is 11.7. The summed E-state index contributed by atoms with van der Waals surface area (Å²) < 4.78 is 0.910. The summed E-state index contributed by atoms with van der Waals surface area (Å²) in [5.41, 5.74) is 0. The molecule has 1 fully saturated rings. The van der Waals surface area contributed by atoms with Crippen molar-refractivity contribution in [2.75, 3.05) is 24.2 Å². The molecule has 1 unspecified atom stereocenters. The highest BCUT2D eigenvalue weighted by Gasteiger charge is 2.16. The Balaban J connectivity index is 0.00000180. The van der Waals surface area contributed by atoms with Crippen molar-refractivity contribution in [3.8, 4) is 0 Å². The van der Waals surface area contributed by atoms with E-state index in [0.717, 1.165) is 29.6 Å². The van der Waals surface area contributed by atoms with Gasteiger partial charge in [0.05, 0.1) is 0 Å². The molecule has 1 aliphatic heterocycles. The van der Waals surface area contributed by atoms with Gasteiger partial charge in [-0.05, 0) is 37.6 Å². The molecule has 1 aromatic rings. The van der Waals surface area contributed by atoms with E-state index in [0.29, 0.717) is 17.5 Å². The summed E-state index contributed by atoms with van der Waals surface area (Å²) in [7, 11) is 0. The lowest BCUT2D eigenvalue weighted by Gasteiger charge is -2.06.